The number of aromatic nitrogens is 3. The van der Waals surface area contributed by atoms with Crippen molar-refractivity contribution in [1.29, 1.82) is 0 Å². The molecule has 1 aromatic heterocycles. The molecule has 2 atom stereocenters. The molecule has 0 aromatic carbocycles. The summed E-state index contributed by atoms with van der Waals surface area (Å²) in [6.07, 6.45) is 0.337. The fourth-order valence-electron chi connectivity index (χ4n) is 2.20. The first kappa shape index (κ1) is 14.8. The molecule has 1 aromatic rings. The van der Waals surface area contributed by atoms with Crippen LogP contribution in [-0.2, 0) is 4.74 Å². The number of rotatable bonds is 4. The van der Waals surface area contributed by atoms with Crippen LogP contribution in [0.2, 0.25) is 0 Å². The van der Waals surface area contributed by atoms with Crippen molar-refractivity contribution in [1.82, 2.24) is 15.0 Å². The smallest absolute Gasteiger partial charge is 0.323 e. The minimum absolute atomic E-state index is 0.0255. The normalized spacial score (nSPS) is 23.0. The highest BCUT2D eigenvalue weighted by atomic mass is 16.5. The minimum Gasteiger partial charge on any atom is -0.461 e. The van der Waals surface area contributed by atoms with Crippen LogP contribution in [0.4, 0.5) is 11.9 Å². The summed E-state index contributed by atoms with van der Waals surface area (Å²) in [5.74, 6) is 1.14. The highest BCUT2D eigenvalue weighted by Gasteiger charge is 2.25. The Bertz CT molecular complexity index is 444. The van der Waals surface area contributed by atoms with Crippen LogP contribution in [0.3, 0.4) is 0 Å². The molecule has 1 aliphatic rings. The zero-order valence-corrected chi connectivity index (χ0v) is 12.8. The highest BCUT2D eigenvalue weighted by Crippen LogP contribution is 2.20. The van der Waals surface area contributed by atoms with E-state index in [9.17, 15) is 0 Å². The molecule has 7 heteroatoms. The van der Waals surface area contributed by atoms with Crippen molar-refractivity contribution in [3.8, 4) is 6.01 Å². The van der Waals surface area contributed by atoms with Gasteiger partial charge in [0, 0.05) is 20.1 Å². The number of nitrogens with zero attached hydrogens (tertiary/aromatic N) is 4. The lowest BCUT2D eigenvalue weighted by Gasteiger charge is -2.35. The highest BCUT2D eigenvalue weighted by molar-refractivity contribution is 5.38. The Morgan fingerprint density at radius 3 is 2.40 bits per heavy atom. The van der Waals surface area contributed by atoms with Crippen LogP contribution in [0.25, 0.3) is 0 Å². The predicted molar refractivity (Wildman–Crippen MR) is 77.4 cm³/mol. The zero-order chi connectivity index (χ0) is 14.7. The fraction of sp³-hybridized carbons (Fsp3) is 0.769. The maximum absolute atomic E-state index is 5.73. The van der Waals surface area contributed by atoms with Crippen LogP contribution in [0.5, 0.6) is 6.01 Å². The minimum atomic E-state index is 0.0255. The Morgan fingerprint density at radius 2 is 1.85 bits per heavy atom. The summed E-state index contributed by atoms with van der Waals surface area (Å²) in [4.78, 5) is 15.1. The van der Waals surface area contributed by atoms with Gasteiger partial charge >= 0.3 is 6.01 Å². The molecule has 2 heterocycles. The average Bonchev–Trinajstić information content (AvgIpc) is 2.36. The van der Waals surface area contributed by atoms with E-state index in [1.807, 2.05) is 27.7 Å². The topological polar surface area (TPSA) is 72.4 Å². The molecule has 1 saturated heterocycles. The molecule has 0 saturated carbocycles. The Labute approximate surface area is 119 Å². The van der Waals surface area contributed by atoms with E-state index in [2.05, 4.69) is 25.2 Å². The third-order valence-corrected chi connectivity index (χ3v) is 2.87. The molecular formula is C13H23N5O2. The summed E-state index contributed by atoms with van der Waals surface area (Å²) >= 11 is 0. The molecule has 7 nitrogen and oxygen atoms in total. The van der Waals surface area contributed by atoms with Gasteiger partial charge in [-0.15, -0.1) is 0 Å². The van der Waals surface area contributed by atoms with Crippen molar-refractivity contribution < 1.29 is 9.47 Å². The van der Waals surface area contributed by atoms with Gasteiger partial charge in [0.2, 0.25) is 11.9 Å². The van der Waals surface area contributed by atoms with Crippen molar-refractivity contribution >= 4 is 11.9 Å². The van der Waals surface area contributed by atoms with Crippen LogP contribution >= 0.6 is 0 Å². The first-order valence-electron chi connectivity index (χ1n) is 6.98. The predicted octanol–water partition coefficient (Wildman–Crippen LogP) is 1.31. The average molecular weight is 281 g/mol. The first-order chi connectivity index (χ1) is 9.47. The van der Waals surface area contributed by atoms with E-state index in [-0.39, 0.29) is 18.3 Å². The van der Waals surface area contributed by atoms with Gasteiger partial charge in [-0.3, -0.25) is 0 Å². The van der Waals surface area contributed by atoms with Crippen LogP contribution in [-0.4, -0.2) is 53.4 Å². The fourth-order valence-corrected chi connectivity index (χ4v) is 2.20. The van der Waals surface area contributed by atoms with Gasteiger partial charge < -0.3 is 19.7 Å². The summed E-state index contributed by atoms with van der Waals surface area (Å²) in [7, 11) is 1.78. The molecule has 0 aliphatic carbocycles. The van der Waals surface area contributed by atoms with Gasteiger partial charge in [-0.2, -0.15) is 15.0 Å². The molecular weight excluding hydrogens is 258 g/mol. The van der Waals surface area contributed by atoms with E-state index in [1.165, 1.54) is 0 Å². The Balaban J connectivity index is 2.25. The largest absolute Gasteiger partial charge is 0.461 e. The number of hydrogen-bond acceptors (Lipinski definition) is 7. The third kappa shape index (κ3) is 3.69. The second-order valence-corrected chi connectivity index (χ2v) is 5.32. The number of anilines is 2. The maximum Gasteiger partial charge on any atom is 0.323 e. The van der Waals surface area contributed by atoms with E-state index in [1.54, 1.807) is 7.05 Å². The molecule has 2 rings (SSSR count). The first-order valence-corrected chi connectivity index (χ1v) is 6.98. The number of hydrogen-bond donors (Lipinski definition) is 1. The molecule has 2 unspecified atom stereocenters. The van der Waals surface area contributed by atoms with Gasteiger partial charge in [-0.05, 0) is 27.7 Å². The summed E-state index contributed by atoms with van der Waals surface area (Å²) < 4.78 is 11.3. The molecule has 20 heavy (non-hydrogen) atoms. The standard InChI is InChI=1S/C13H23N5O2/c1-8(2)19-13-16-11(14-5)15-12(17-13)18-6-9(3)20-10(4)7-18/h8-10H,6-7H2,1-5H3,(H,14,15,16,17). The third-order valence-electron chi connectivity index (χ3n) is 2.87. The van der Waals surface area contributed by atoms with Crippen molar-refractivity contribution in [2.24, 2.45) is 0 Å². The molecule has 0 amide bonds. The van der Waals surface area contributed by atoms with Gasteiger partial charge in [0.25, 0.3) is 0 Å². The lowest BCUT2D eigenvalue weighted by Crippen LogP contribution is -2.46. The van der Waals surface area contributed by atoms with Crippen molar-refractivity contribution in [3.05, 3.63) is 0 Å². The van der Waals surface area contributed by atoms with Crippen molar-refractivity contribution in [3.63, 3.8) is 0 Å². The SMILES string of the molecule is CNc1nc(OC(C)C)nc(N2CC(C)OC(C)C2)n1. The molecule has 1 N–H and O–H groups in total. The maximum atomic E-state index is 5.73. The van der Waals surface area contributed by atoms with Crippen molar-refractivity contribution in [2.45, 2.75) is 46.0 Å². The summed E-state index contributed by atoms with van der Waals surface area (Å²) in [5, 5.41) is 2.94. The van der Waals surface area contributed by atoms with Crippen LogP contribution < -0.4 is 15.0 Å². The van der Waals surface area contributed by atoms with E-state index in [4.69, 9.17) is 9.47 Å². The quantitative estimate of drug-likeness (QED) is 0.892. The number of morpholine rings is 1. The molecule has 0 radical (unpaired) electrons. The van der Waals surface area contributed by atoms with E-state index in [0.717, 1.165) is 13.1 Å². The molecule has 0 bridgehead atoms. The second-order valence-electron chi connectivity index (χ2n) is 5.32. The van der Waals surface area contributed by atoms with Crippen LogP contribution in [0, 0.1) is 0 Å². The van der Waals surface area contributed by atoms with Gasteiger partial charge in [0.05, 0.1) is 18.3 Å². The van der Waals surface area contributed by atoms with Crippen LogP contribution in [0.1, 0.15) is 27.7 Å². The lowest BCUT2D eigenvalue weighted by atomic mass is 10.2. The number of nitrogens with one attached hydrogen (secondary N) is 1. The van der Waals surface area contributed by atoms with E-state index >= 15 is 0 Å². The zero-order valence-electron chi connectivity index (χ0n) is 12.8. The molecule has 112 valence electrons. The van der Waals surface area contributed by atoms with Gasteiger partial charge in [-0.1, -0.05) is 0 Å². The Morgan fingerprint density at radius 1 is 1.20 bits per heavy atom. The Kier molecular flexibility index (Phi) is 4.59. The number of ether oxygens (including phenoxy) is 2. The van der Waals surface area contributed by atoms with Crippen LogP contribution in [0.15, 0.2) is 0 Å². The Hall–Kier alpha value is -1.63. The molecule has 1 aliphatic heterocycles. The van der Waals surface area contributed by atoms with Crippen molar-refractivity contribution in [2.75, 3.05) is 30.4 Å². The molecule has 0 spiro atoms. The summed E-state index contributed by atoms with van der Waals surface area (Å²) in [6, 6.07) is 0.348. The lowest BCUT2D eigenvalue weighted by molar-refractivity contribution is -0.00578. The van der Waals surface area contributed by atoms with E-state index < -0.39 is 0 Å². The second kappa shape index (κ2) is 6.21. The molecule has 1 fully saturated rings. The summed E-state index contributed by atoms with van der Waals surface area (Å²) in [5.41, 5.74) is 0. The van der Waals surface area contributed by atoms with E-state index in [0.29, 0.717) is 17.9 Å². The monoisotopic (exact) mass is 281 g/mol. The van der Waals surface area contributed by atoms with Gasteiger partial charge in [-0.25, -0.2) is 0 Å². The summed E-state index contributed by atoms with van der Waals surface area (Å²) in [6.45, 7) is 9.52. The van der Waals surface area contributed by atoms with Gasteiger partial charge in [0.15, 0.2) is 0 Å². The van der Waals surface area contributed by atoms with Gasteiger partial charge in [0.1, 0.15) is 0 Å².